The zero-order chi connectivity index (χ0) is 21.5. The maximum absolute atomic E-state index is 11.0. The Morgan fingerprint density at radius 1 is 1.10 bits per heavy atom. The van der Waals surface area contributed by atoms with Gasteiger partial charge in [0.1, 0.15) is 24.7 Å². The molecule has 0 aliphatic carbocycles. The standard InChI is InChI=1S/C23H22N2O5/c1-29-10-11-30-21-5-3-2-4-19(21)20-15-25(14-18(20)13-24)22(26)12-16-6-8-17(9-7-16)23(27)28/h2-9,14-15,22,26H,10-12H2,1H3,(H,27,28). The number of aromatic carboxylic acids is 1. The lowest BCUT2D eigenvalue weighted by Crippen LogP contribution is -2.09. The Bertz CT molecular complexity index is 1050. The number of rotatable bonds is 9. The largest absolute Gasteiger partial charge is 0.491 e. The predicted octanol–water partition coefficient (Wildman–Crippen LogP) is 3.48. The molecule has 0 fully saturated rings. The van der Waals surface area contributed by atoms with Gasteiger partial charge < -0.3 is 24.3 Å². The van der Waals surface area contributed by atoms with E-state index in [0.717, 1.165) is 11.1 Å². The molecular formula is C23H22N2O5. The number of para-hydroxylation sites is 1. The molecule has 2 N–H and O–H groups in total. The van der Waals surface area contributed by atoms with Gasteiger partial charge in [-0.1, -0.05) is 30.3 Å². The SMILES string of the molecule is COCCOc1ccccc1-c1cn(C(O)Cc2ccc(C(=O)O)cc2)cc1C#N. The third-order valence-electron chi connectivity index (χ3n) is 4.65. The quantitative estimate of drug-likeness (QED) is 0.527. The van der Waals surface area contributed by atoms with Crippen molar-refractivity contribution in [1.29, 1.82) is 5.26 Å². The molecular weight excluding hydrogens is 384 g/mol. The number of nitrogens with zero attached hydrogens (tertiary/aromatic N) is 2. The van der Waals surface area contributed by atoms with Gasteiger partial charge in [0, 0.05) is 37.1 Å². The highest BCUT2D eigenvalue weighted by Crippen LogP contribution is 2.33. The number of carboxylic acids is 1. The average molecular weight is 406 g/mol. The van der Waals surface area contributed by atoms with E-state index in [-0.39, 0.29) is 12.0 Å². The summed E-state index contributed by atoms with van der Waals surface area (Å²) in [6.45, 7) is 0.824. The zero-order valence-corrected chi connectivity index (χ0v) is 16.5. The van der Waals surface area contributed by atoms with E-state index in [1.165, 1.54) is 12.1 Å². The van der Waals surface area contributed by atoms with Crippen LogP contribution in [-0.4, -0.2) is 41.1 Å². The number of hydrogen-bond acceptors (Lipinski definition) is 5. The van der Waals surface area contributed by atoms with Crippen LogP contribution in [-0.2, 0) is 11.2 Å². The molecule has 1 atom stereocenters. The highest BCUT2D eigenvalue weighted by molar-refractivity contribution is 5.87. The molecule has 1 heterocycles. The normalized spacial score (nSPS) is 11.6. The molecule has 0 radical (unpaired) electrons. The van der Waals surface area contributed by atoms with Crippen LogP contribution < -0.4 is 4.74 Å². The van der Waals surface area contributed by atoms with Crippen molar-refractivity contribution >= 4 is 5.97 Å². The number of ether oxygens (including phenoxy) is 2. The molecule has 0 saturated heterocycles. The van der Waals surface area contributed by atoms with Crippen LogP contribution in [0.4, 0.5) is 0 Å². The fourth-order valence-corrected chi connectivity index (χ4v) is 3.10. The molecule has 154 valence electrons. The van der Waals surface area contributed by atoms with E-state index in [2.05, 4.69) is 6.07 Å². The predicted molar refractivity (Wildman–Crippen MR) is 110 cm³/mol. The minimum absolute atomic E-state index is 0.188. The molecule has 0 aliphatic rings. The topological polar surface area (TPSA) is 105 Å². The Balaban J connectivity index is 1.84. The van der Waals surface area contributed by atoms with Gasteiger partial charge in [0.2, 0.25) is 0 Å². The molecule has 2 aromatic carbocycles. The molecule has 0 spiro atoms. The number of nitriles is 1. The lowest BCUT2D eigenvalue weighted by atomic mass is 10.0. The van der Waals surface area contributed by atoms with Crippen molar-refractivity contribution in [3.63, 3.8) is 0 Å². The first-order chi connectivity index (χ1) is 14.5. The van der Waals surface area contributed by atoms with Crippen molar-refractivity contribution in [2.45, 2.75) is 12.6 Å². The van der Waals surface area contributed by atoms with Gasteiger partial charge >= 0.3 is 5.97 Å². The molecule has 0 amide bonds. The molecule has 7 nitrogen and oxygen atoms in total. The van der Waals surface area contributed by atoms with E-state index in [1.54, 1.807) is 36.2 Å². The highest BCUT2D eigenvalue weighted by Gasteiger charge is 2.17. The van der Waals surface area contributed by atoms with Gasteiger partial charge in [0.05, 0.1) is 17.7 Å². The lowest BCUT2D eigenvalue weighted by Gasteiger charge is -2.13. The number of carbonyl (C=O) groups is 1. The molecule has 0 aliphatic heterocycles. The van der Waals surface area contributed by atoms with Crippen LogP contribution in [0.15, 0.2) is 60.9 Å². The van der Waals surface area contributed by atoms with Crippen molar-refractivity contribution in [1.82, 2.24) is 4.57 Å². The van der Waals surface area contributed by atoms with Gasteiger partial charge in [-0.05, 0) is 23.8 Å². The zero-order valence-electron chi connectivity index (χ0n) is 16.5. The Labute approximate surface area is 174 Å². The van der Waals surface area contributed by atoms with E-state index in [1.807, 2.05) is 24.3 Å². The van der Waals surface area contributed by atoms with Gasteiger partial charge in [0.15, 0.2) is 0 Å². The second-order valence-electron chi connectivity index (χ2n) is 6.67. The maximum atomic E-state index is 11.0. The lowest BCUT2D eigenvalue weighted by molar-refractivity contribution is 0.0697. The molecule has 0 saturated carbocycles. The van der Waals surface area contributed by atoms with Crippen molar-refractivity contribution in [3.8, 4) is 22.9 Å². The van der Waals surface area contributed by atoms with Gasteiger partial charge in [-0.2, -0.15) is 5.26 Å². The van der Waals surface area contributed by atoms with Crippen LogP contribution >= 0.6 is 0 Å². The summed E-state index contributed by atoms with van der Waals surface area (Å²) in [4.78, 5) is 11.0. The van der Waals surface area contributed by atoms with Gasteiger partial charge in [-0.15, -0.1) is 0 Å². The average Bonchev–Trinajstić information content (AvgIpc) is 3.19. The summed E-state index contributed by atoms with van der Waals surface area (Å²) < 4.78 is 12.4. The van der Waals surface area contributed by atoms with E-state index in [0.29, 0.717) is 30.1 Å². The van der Waals surface area contributed by atoms with Crippen LogP contribution in [0.3, 0.4) is 0 Å². The third-order valence-corrected chi connectivity index (χ3v) is 4.65. The van der Waals surface area contributed by atoms with Crippen molar-refractivity contribution < 1.29 is 24.5 Å². The van der Waals surface area contributed by atoms with Gasteiger partial charge in [-0.25, -0.2) is 4.79 Å². The van der Waals surface area contributed by atoms with Crippen LogP contribution in [0.2, 0.25) is 0 Å². The number of methoxy groups -OCH3 is 1. The number of carboxylic acid groups (broad SMARTS) is 1. The van der Waals surface area contributed by atoms with E-state index in [9.17, 15) is 15.2 Å². The number of benzene rings is 2. The van der Waals surface area contributed by atoms with Gasteiger partial charge in [0.25, 0.3) is 0 Å². The van der Waals surface area contributed by atoms with E-state index < -0.39 is 12.2 Å². The summed E-state index contributed by atoms with van der Waals surface area (Å²) in [5.74, 6) is -0.371. The fraction of sp³-hybridized carbons (Fsp3) is 0.217. The minimum Gasteiger partial charge on any atom is -0.491 e. The molecule has 1 unspecified atom stereocenters. The van der Waals surface area contributed by atoms with Crippen LogP contribution in [0.1, 0.15) is 27.7 Å². The Morgan fingerprint density at radius 2 is 1.83 bits per heavy atom. The first-order valence-corrected chi connectivity index (χ1v) is 9.36. The van der Waals surface area contributed by atoms with E-state index >= 15 is 0 Å². The molecule has 30 heavy (non-hydrogen) atoms. The first-order valence-electron chi connectivity index (χ1n) is 9.36. The Kier molecular flexibility index (Phi) is 6.86. The number of aliphatic hydroxyl groups is 1. The van der Waals surface area contributed by atoms with Crippen molar-refractivity contribution in [2.75, 3.05) is 20.3 Å². The van der Waals surface area contributed by atoms with Crippen LogP contribution in [0, 0.1) is 11.3 Å². The summed E-state index contributed by atoms with van der Waals surface area (Å²) >= 11 is 0. The summed E-state index contributed by atoms with van der Waals surface area (Å²) in [6, 6.07) is 15.9. The first kappa shape index (κ1) is 21.1. The summed E-state index contributed by atoms with van der Waals surface area (Å²) in [5.41, 5.74) is 2.80. The molecule has 3 rings (SSSR count). The second kappa shape index (κ2) is 9.74. The Morgan fingerprint density at radius 3 is 2.50 bits per heavy atom. The molecule has 1 aromatic heterocycles. The smallest absolute Gasteiger partial charge is 0.335 e. The molecule has 7 heteroatoms. The van der Waals surface area contributed by atoms with Crippen molar-refractivity contribution in [2.24, 2.45) is 0 Å². The number of aromatic nitrogens is 1. The third kappa shape index (κ3) is 4.87. The summed E-state index contributed by atoms with van der Waals surface area (Å²) in [7, 11) is 1.60. The highest BCUT2D eigenvalue weighted by atomic mass is 16.5. The van der Waals surface area contributed by atoms with E-state index in [4.69, 9.17) is 14.6 Å². The monoisotopic (exact) mass is 406 g/mol. The van der Waals surface area contributed by atoms with Gasteiger partial charge in [-0.3, -0.25) is 0 Å². The maximum Gasteiger partial charge on any atom is 0.335 e. The fourth-order valence-electron chi connectivity index (χ4n) is 3.10. The summed E-state index contributed by atoms with van der Waals surface area (Å²) in [6.07, 6.45) is 2.67. The van der Waals surface area contributed by atoms with Crippen LogP contribution in [0.5, 0.6) is 5.75 Å². The van der Waals surface area contributed by atoms with Crippen LogP contribution in [0.25, 0.3) is 11.1 Å². The minimum atomic E-state index is -0.998. The molecule has 0 bridgehead atoms. The second-order valence-corrected chi connectivity index (χ2v) is 6.67. The Hall–Kier alpha value is -3.60. The molecule has 3 aromatic rings. The number of hydrogen-bond donors (Lipinski definition) is 2. The number of aliphatic hydroxyl groups excluding tert-OH is 1. The summed E-state index contributed by atoms with van der Waals surface area (Å²) in [5, 5.41) is 29.2. The van der Waals surface area contributed by atoms with Crippen molar-refractivity contribution in [3.05, 3.63) is 77.6 Å².